The molecular formula is C9H16O2S. The molecule has 1 rings (SSSR count). The molecule has 0 spiro atoms. The normalized spacial score (nSPS) is 26.1. The van der Waals surface area contributed by atoms with E-state index < -0.39 is 5.97 Å². The number of hydrogen-bond donors (Lipinski definition) is 1. The van der Waals surface area contributed by atoms with Gasteiger partial charge in [0, 0.05) is 0 Å². The predicted octanol–water partition coefficient (Wildman–Crippen LogP) is 2.10. The number of aliphatic carboxylic acids is 1. The summed E-state index contributed by atoms with van der Waals surface area (Å²) in [5, 5.41) is 8.99. The molecule has 1 saturated heterocycles. The van der Waals surface area contributed by atoms with Gasteiger partial charge in [-0.25, -0.2) is 0 Å². The second-order valence-corrected chi connectivity index (χ2v) is 4.88. The second-order valence-electron chi connectivity index (χ2n) is 3.73. The average molecular weight is 188 g/mol. The van der Waals surface area contributed by atoms with E-state index in [1.165, 1.54) is 0 Å². The Bertz CT molecular complexity index is 162. The monoisotopic (exact) mass is 188 g/mol. The highest BCUT2D eigenvalue weighted by Crippen LogP contribution is 2.33. The molecule has 0 aromatic carbocycles. The molecule has 3 heteroatoms. The first-order valence-corrected chi connectivity index (χ1v) is 5.59. The van der Waals surface area contributed by atoms with Crippen LogP contribution in [-0.4, -0.2) is 22.6 Å². The van der Waals surface area contributed by atoms with Gasteiger partial charge in [0.15, 0.2) is 0 Å². The Kier molecular flexibility index (Phi) is 3.44. The number of carbonyl (C=O) groups is 1. The summed E-state index contributed by atoms with van der Waals surface area (Å²) in [5.41, 5.74) is 0. The Morgan fingerprint density at radius 3 is 2.58 bits per heavy atom. The topological polar surface area (TPSA) is 37.3 Å². The lowest BCUT2D eigenvalue weighted by Gasteiger charge is -2.21. The van der Waals surface area contributed by atoms with Gasteiger partial charge >= 0.3 is 5.97 Å². The highest BCUT2D eigenvalue weighted by molar-refractivity contribution is 7.99. The average Bonchev–Trinajstić information content (AvgIpc) is 2.37. The number of thioether (sulfide) groups is 1. The Balaban J connectivity index is 2.58. The van der Waals surface area contributed by atoms with Crippen molar-refractivity contribution in [2.75, 3.05) is 11.5 Å². The molecule has 0 amide bonds. The first kappa shape index (κ1) is 9.90. The maximum atomic E-state index is 10.9. The molecule has 0 aromatic heterocycles. The third-order valence-corrected chi connectivity index (χ3v) is 3.66. The summed E-state index contributed by atoms with van der Waals surface area (Å²) in [7, 11) is 0. The van der Waals surface area contributed by atoms with Crippen molar-refractivity contribution >= 4 is 17.7 Å². The summed E-state index contributed by atoms with van der Waals surface area (Å²) >= 11 is 1.88. The number of hydrogen-bond acceptors (Lipinski definition) is 2. The third kappa shape index (κ3) is 2.16. The molecule has 1 aliphatic rings. The molecule has 0 bridgehead atoms. The Labute approximate surface area is 77.7 Å². The summed E-state index contributed by atoms with van der Waals surface area (Å²) < 4.78 is 0. The van der Waals surface area contributed by atoms with Crippen molar-refractivity contribution in [3.63, 3.8) is 0 Å². The lowest BCUT2D eigenvalue weighted by Crippen LogP contribution is -2.28. The minimum atomic E-state index is -0.613. The van der Waals surface area contributed by atoms with Gasteiger partial charge in [0.1, 0.15) is 0 Å². The zero-order valence-electron chi connectivity index (χ0n) is 7.62. The van der Waals surface area contributed by atoms with Crippen molar-refractivity contribution in [3.05, 3.63) is 0 Å². The zero-order chi connectivity index (χ0) is 9.14. The minimum absolute atomic E-state index is 0.125. The van der Waals surface area contributed by atoms with Crippen molar-refractivity contribution in [2.24, 2.45) is 17.8 Å². The van der Waals surface area contributed by atoms with Crippen LogP contribution in [-0.2, 0) is 4.79 Å². The van der Waals surface area contributed by atoms with E-state index in [0.717, 1.165) is 17.9 Å². The highest BCUT2D eigenvalue weighted by atomic mass is 32.2. The standard InChI is InChI=1S/C9H16O2S/c1-6(2)8(9(10)11)7-3-4-12-5-7/h6-8H,3-5H2,1-2H3,(H,10,11). The number of carboxylic acid groups (broad SMARTS) is 1. The molecule has 2 nitrogen and oxygen atoms in total. The minimum Gasteiger partial charge on any atom is -0.481 e. The molecule has 0 radical (unpaired) electrons. The molecule has 0 aromatic rings. The molecule has 0 saturated carbocycles. The van der Waals surface area contributed by atoms with Crippen LogP contribution in [0.5, 0.6) is 0 Å². The SMILES string of the molecule is CC(C)C(C(=O)O)C1CCSC1. The summed E-state index contributed by atoms with van der Waals surface area (Å²) in [6.45, 7) is 4.00. The largest absolute Gasteiger partial charge is 0.481 e. The summed E-state index contributed by atoms with van der Waals surface area (Å²) in [6.07, 6.45) is 1.08. The van der Waals surface area contributed by atoms with Crippen LogP contribution in [0.15, 0.2) is 0 Å². The van der Waals surface area contributed by atoms with Gasteiger partial charge in [-0.1, -0.05) is 13.8 Å². The van der Waals surface area contributed by atoms with E-state index >= 15 is 0 Å². The highest BCUT2D eigenvalue weighted by Gasteiger charge is 2.32. The van der Waals surface area contributed by atoms with Crippen LogP contribution in [0, 0.1) is 17.8 Å². The maximum absolute atomic E-state index is 10.9. The molecule has 1 fully saturated rings. The fraction of sp³-hybridized carbons (Fsp3) is 0.889. The molecular weight excluding hydrogens is 172 g/mol. The van der Waals surface area contributed by atoms with E-state index in [0.29, 0.717) is 5.92 Å². The van der Waals surface area contributed by atoms with Gasteiger partial charge < -0.3 is 5.11 Å². The first-order valence-electron chi connectivity index (χ1n) is 4.43. The third-order valence-electron chi connectivity index (χ3n) is 2.48. The van der Waals surface area contributed by atoms with Gasteiger partial charge in [0.25, 0.3) is 0 Å². The van der Waals surface area contributed by atoms with Gasteiger partial charge in [-0.3, -0.25) is 4.79 Å². The van der Waals surface area contributed by atoms with Crippen LogP contribution in [0.2, 0.25) is 0 Å². The molecule has 70 valence electrons. The fourth-order valence-electron chi connectivity index (χ4n) is 1.87. The predicted molar refractivity (Wildman–Crippen MR) is 51.4 cm³/mol. The molecule has 1 N–H and O–H groups in total. The Hall–Kier alpha value is -0.180. The summed E-state index contributed by atoms with van der Waals surface area (Å²) in [5.74, 6) is 2.12. The van der Waals surface area contributed by atoms with Crippen molar-refractivity contribution in [1.82, 2.24) is 0 Å². The maximum Gasteiger partial charge on any atom is 0.307 e. The first-order chi connectivity index (χ1) is 5.63. The Morgan fingerprint density at radius 1 is 1.58 bits per heavy atom. The van der Waals surface area contributed by atoms with Gasteiger partial charge in [-0.05, 0) is 29.8 Å². The van der Waals surface area contributed by atoms with E-state index in [2.05, 4.69) is 0 Å². The van der Waals surface area contributed by atoms with Crippen molar-refractivity contribution < 1.29 is 9.90 Å². The zero-order valence-corrected chi connectivity index (χ0v) is 8.43. The lowest BCUT2D eigenvalue weighted by atomic mass is 9.83. The molecule has 1 aliphatic heterocycles. The molecule has 2 unspecified atom stereocenters. The Morgan fingerprint density at radius 2 is 2.25 bits per heavy atom. The molecule has 12 heavy (non-hydrogen) atoms. The van der Waals surface area contributed by atoms with Gasteiger partial charge in [0.05, 0.1) is 5.92 Å². The van der Waals surface area contributed by atoms with Crippen LogP contribution < -0.4 is 0 Å². The van der Waals surface area contributed by atoms with Crippen LogP contribution in [0.4, 0.5) is 0 Å². The smallest absolute Gasteiger partial charge is 0.307 e. The van der Waals surface area contributed by atoms with E-state index in [1.54, 1.807) is 0 Å². The quantitative estimate of drug-likeness (QED) is 0.737. The summed E-state index contributed by atoms with van der Waals surface area (Å²) in [6, 6.07) is 0. The number of carboxylic acids is 1. The van der Waals surface area contributed by atoms with Crippen LogP contribution in [0.1, 0.15) is 20.3 Å². The van der Waals surface area contributed by atoms with Crippen LogP contribution in [0.25, 0.3) is 0 Å². The lowest BCUT2D eigenvalue weighted by molar-refractivity contribution is -0.145. The van der Waals surface area contributed by atoms with Gasteiger partial charge in [-0.2, -0.15) is 11.8 Å². The summed E-state index contributed by atoms with van der Waals surface area (Å²) in [4.78, 5) is 10.9. The molecule has 0 aliphatic carbocycles. The van der Waals surface area contributed by atoms with Crippen molar-refractivity contribution in [2.45, 2.75) is 20.3 Å². The van der Waals surface area contributed by atoms with E-state index in [-0.39, 0.29) is 11.8 Å². The van der Waals surface area contributed by atoms with Crippen LogP contribution in [0.3, 0.4) is 0 Å². The molecule has 1 heterocycles. The molecule has 2 atom stereocenters. The second kappa shape index (κ2) is 4.17. The van der Waals surface area contributed by atoms with E-state index in [4.69, 9.17) is 5.11 Å². The van der Waals surface area contributed by atoms with Crippen LogP contribution >= 0.6 is 11.8 Å². The van der Waals surface area contributed by atoms with E-state index in [9.17, 15) is 4.79 Å². The van der Waals surface area contributed by atoms with Crippen molar-refractivity contribution in [3.8, 4) is 0 Å². The van der Waals surface area contributed by atoms with E-state index in [1.807, 2.05) is 25.6 Å². The van der Waals surface area contributed by atoms with Crippen molar-refractivity contribution in [1.29, 1.82) is 0 Å². The van der Waals surface area contributed by atoms with Gasteiger partial charge in [0.2, 0.25) is 0 Å². The fourth-order valence-corrected chi connectivity index (χ4v) is 3.18. The van der Waals surface area contributed by atoms with Gasteiger partial charge in [-0.15, -0.1) is 0 Å². The number of rotatable bonds is 3.